The first kappa shape index (κ1) is 60.0. The average Bonchev–Trinajstić information content (AvgIpc) is 3.75. The molecule has 22 unspecified atom stereocenters. The highest BCUT2D eigenvalue weighted by molar-refractivity contribution is 5.20. The van der Waals surface area contributed by atoms with Gasteiger partial charge in [0, 0.05) is 0 Å². The van der Waals surface area contributed by atoms with Crippen LogP contribution in [0.15, 0.2) is 11.6 Å². The van der Waals surface area contributed by atoms with Gasteiger partial charge in [0.05, 0.1) is 44.2 Å². The molecule has 8 aliphatic rings. The number of rotatable bonds is 15. The van der Waals surface area contributed by atoms with Crippen molar-refractivity contribution in [1.82, 2.24) is 0 Å². The molecule has 0 aromatic rings. The fourth-order valence-electron chi connectivity index (χ4n) is 16.0. The smallest absolute Gasteiger partial charge is 0.187 e. The lowest BCUT2D eigenvalue weighted by Gasteiger charge is -2.71. The Hall–Kier alpha value is -1.14. The van der Waals surface area contributed by atoms with Crippen LogP contribution in [0.2, 0.25) is 0 Å². The van der Waals surface area contributed by atoms with E-state index in [0.717, 1.165) is 24.8 Å². The minimum atomic E-state index is -1.81. The molecule has 8 fully saturated rings. The predicted octanol–water partition coefficient (Wildman–Crippen LogP) is -1.56. The second-order valence-corrected chi connectivity index (χ2v) is 25.3. The third-order valence-corrected chi connectivity index (χ3v) is 20.5. The van der Waals surface area contributed by atoms with Crippen molar-refractivity contribution in [2.45, 2.75) is 248 Å². The fourth-order valence-corrected chi connectivity index (χ4v) is 16.0. The van der Waals surface area contributed by atoms with E-state index in [1.165, 1.54) is 0 Å². The van der Waals surface area contributed by atoms with Crippen LogP contribution in [-0.2, 0) is 37.9 Å². The minimum Gasteiger partial charge on any atom is -0.394 e. The normalized spacial score (nSPS) is 52.7. The number of hydrogen-bond acceptors (Lipinski definition) is 22. The van der Waals surface area contributed by atoms with Gasteiger partial charge in [-0.15, -0.1) is 0 Å². The first-order valence-electron chi connectivity index (χ1n) is 27.3. The van der Waals surface area contributed by atoms with E-state index in [1.807, 2.05) is 20.8 Å². The van der Waals surface area contributed by atoms with Crippen molar-refractivity contribution in [2.24, 2.45) is 45.3 Å². The number of ether oxygens (including phenoxy) is 8. The maximum absolute atomic E-state index is 12.8. The molecule has 29 atom stereocenters. The second-order valence-electron chi connectivity index (χ2n) is 25.3. The molecule has 75 heavy (non-hydrogen) atoms. The van der Waals surface area contributed by atoms with E-state index in [9.17, 15) is 71.5 Å². The Morgan fingerprint density at radius 3 is 1.80 bits per heavy atom. The van der Waals surface area contributed by atoms with Gasteiger partial charge in [-0.05, 0) is 124 Å². The molecule has 0 spiro atoms. The highest BCUT2D eigenvalue weighted by Gasteiger charge is 2.72. The molecule has 0 aromatic heterocycles. The summed E-state index contributed by atoms with van der Waals surface area (Å²) in [5.74, 6) is -0.395. The molecule has 4 aliphatic carbocycles. The molecule has 14 N–H and O–H groups in total. The van der Waals surface area contributed by atoms with Gasteiger partial charge in [0.1, 0.15) is 91.6 Å². The summed E-state index contributed by atoms with van der Waals surface area (Å²) in [6.07, 6.45) is -22.6. The van der Waals surface area contributed by atoms with E-state index in [4.69, 9.17) is 37.9 Å². The summed E-state index contributed by atoms with van der Waals surface area (Å²) >= 11 is 0. The van der Waals surface area contributed by atoms with Crippen molar-refractivity contribution < 1.29 is 109 Å². The average molecular weight is 1080 g/mol. The zero-order chi connectivity index (χ0) is 55.1. The zero-order valence-corrected chi connectivity index (χ0v) is 44.7. The van der Waals surface area contributed by atoms with Gasteiger partial charge < -0.3 is 109 Å². The van der Waals surface area contributed by atoms with E-state index in [2.05, 4.69) is 40.7 Å². The number of fused-ring (bicyclic) bond motifs is 5. The zero-order valence-electron chi connectivity index (χ0n) is 44.7. The lowest BCUT2D eigenvalue weighted by atomic mass is 9.35. The molecule has 0 bridgehead atoms. The van der Waals surface area contributed by atoms with Gasteiger partial charge >= 0.3 is 0 Å². The predicted molar refractivity (Wildman–Crippen MR) is 260 cm³/mol. The van der Waals surface area contributed by atoms with Crippen molar-refractivity contribution >= 4 is 0 Å². The van der Waals surface area contributed by atoms with Crippen LogP contribution in [0.1, 0.15) is 113 Å². The van der Waals surface area contributed by atoms with Crippen LogP contribution in [0.5, 0.6) is 0 Å². The fraction of sp³-hybridized carbons (Fsp3) is 0.962. The van der Waals surface area contributed by atoms with Crippen LogP contribution in [0, 0.1) is 45.3 Å². The SMILES string of the molecule is CC(C)=CCC[C@](C)(OC1OC(COC2OCC(O)C(O)C2O)C(O)C(O)C1O)C1CC[C@]2(C)C1C(O)CC1[C@@]3(C)CCC(O[C@@H]4O[C@H](CO)C(O)C(O)C4O[C@@H]4OC(CO)C(O)C(O)C4O)C(C)(C)C3CC[C@]12C. The standard InChI is InChI=1S/C53H90O22/c1-23(2)10-9-14-53(8,75-47-43(67)39(63)37(61)29(72-47)22-69-45-41(65)34(58)26(57)21-68-45)24-11-16-52(7)33(24)25(56)18-31-50(5)15-13-32(49(3,4)30(50)12-17-51(31,52)6)73-48-44(40(64)36(60)28(20-55)71-48)74-46-42(66)38(62)35(59)27(19-54)70-46/h10,24-48,54-67H,9,11-22H2,1-8H3/t24?,25?,26?,27?,28-,29?,30?,31?,32?,33?,34?,35?,36?,37?,38?,39?,40?,41?,42?,43?,44?,45?,46+,47?,48+,50+,51-,52-,53+/m1/s1. The van der Waals surface area contributed by atoms with E-state index in [-0.39, 0.29) is 41.1 Å². The molecule has 4 heterocycles. The maximum atomic E-state index is 12.8. The van der Waals surface area contributed by atoms with Gasteiger partial charge in [0.25, 0.3) is 0 Å². The second kappa shape index (κ2) is 22.7. The number of aliphatic hydroxyl groups excluding tert-OH is 14. The topological polar surface area (TPSA) is 357 Å². The number of aliphatic hydroxyl groups is 14. The number of hydrogen-bond donors (Lipinski definition) is 14. The molecule has 0 amide bonds. The third kappa shape index (κ3) is 10.6. The van der Waals surface area contributed by atoms with Gasteiger partial charge in [-0.1, -0.05) is 46.3 Å². The summed E-state index contributed by atoms with van der Waals surface area (Å²) in [4.78, 5) is 0. The summed E-state index contributed by atoms with van der Waals surface area (Å²) in [6.45, 7) is 15.1. The van der Waals surface area contributed by atoms with Crippen molar-refractivity contribution in [3.8, 4) is 0 Å². The van der Waals surface area contributed by atoms with Crippen molar-refractivity contribution in [1.29, 1.82) is 0 Å². The Kier molecular flexibility index (Phi) is 18.1. The van der Waals surface area contributed by atoms with Crippen LogP contribution >= 0.6 is 0 Å². The maximum Gasteiger partial charge on any atom is 0.187 e. The third-order valence-electron chi connectivity index (χ3n) is 20.5. The molecule has 0 radical (unpaired) electrons. The quantitative estimate of drug-likeness (QED) is 0.0651. The lowest BCUT2D eigenvalue weighted by Crippen LogP contribution is -2.68. The van der Waals surface area contributed by atoms with Gasteiger partial charge in [-0.25, -0.2) is 0 Å². The Morgan fingerprint density at radius 2 is 1.16 bits per heavy atom. The van der Waals surface area contributed by atoms with E-state index in [1.54, 1.807) is 0 Å². The summed E-state index contributed by atoms with van der Waals surface area (Å²) in [6, 6.07) is 0. The Labute approximate surface area is 439 Å². The van der Waals surface area contributed by atoms with Gasteiger partial charge in [-0.2, -0.15) is 0 Å². The summed E-state index contributed by atoms with van der Waals surface area (Å²) < 4.78 is 48.8. The van der Waals surface area contributed by atoms with E-state index in [0.29, 0.717) is 38.5 Å². The summed E-state index contributed by atoms with van der Waals surface area (Å²) in [7, 11) is 0. The first-order chi connectivity index (χ1) is 35.1. The Balaban J connectivity index is 1.01. The molecule has 0 aromatic carbocycles. The van der Waals surface area contributed by atoms with Crippen LogP contribution in [0.4, 0.5) is 0 Å². The molecule has 4 aliphatic heterocycles. The van der Waals surface area contributed by atoms with Crippen LogP contribution in [0.25, 0.3) is 0 Å². The van der Waals surface area contributed by atoms with Crippen LogP contribution < -0.4 is 0 Å². The molecular weight excluding hydrogens is 989 g/mol. The van der Waals surface area contributed by atoms with Gasteiger partial charge in [0.2, 0.25) is 0 Å². The van der Waals surface area contributed by atoms with Crippen molar-refractivity contribution in [2.75, 3.05) is 26.4 Å². The number of allylic oxidation sites excluding steroid dienone is 2. The highest BCUT2D eigenvalue weighted by Crippen LogP contribution is 2.76. The Bertz CT molecular complexity index is 1940. The Morgan fingerprint density at radius 1 is 0.587 bits per heavy atom. The largest absolute Gasteiger partial charge is 0.394 e. The van der Waals surface area contributed by atoms with Crippen LogP contribution in [0.3, 0.4) is 0 Å². The van der Waals surface area contributed by atoms with Crippen LogP contribution in [-0.4, -0.2) is 232 Å². The summed E-state index contributed by atoms with van der Waals surface area (Å²) in [5.41, 5.74) is -1.48. The molecule has 4 saturated heterocycles. The van der Waals surface area contributed by atoms with Gasteiger partial charge in [0.15, 0.2) is 25.2 Å². The molecule has 22 nitrogen and oxygen atoms in total. The lowest BCUT2D eigenvalue weighted by molar-refractivity contribution is -0.378. The van der Waals surface area contributed by atoms with Crippen molar-refractivity contribution in [3.63, 3.8) is 0 Å². The minimum absolute atomic E-state index is 0.0508. The van der Waals surface area contributed by atoms with E-state index < -0.39 is 165 Å². The molecule has 8 rings (SSSR count). The monoisotopic (exact) mass is 1080 g/mol. The summed E-state index contributed by atoms with van der Waals surface area (Å²) in [5, 5.41) is 151. The van der Waals surface area contributed by atoms with Gasteiger partial charge in [-0.3, -0.25) is 0 Å². The molecule has 4 saturated carbocycles. The highest BCUT2D eigenvalue weighted by atomic mass is 16.8. The molecule has 434 valence electrons. The van der Waals surface area contributed by atoms with E-state index >= 15 is 0 Å². The first-order valence-corrected chi connectivity index (χ1v) is 27.3. The van der Waals surface area contributed by atoms with Crippen molar-refractivity contribution in [3.05, 3.63) is 11.6 Å². The molecule has 22 heteroatoms. The molecular formula is C53H90O22.